The minimum Gasteiger partial charge on any atom is -0.448 e. The van der Waals surface area contributed by atoms with Crippen molar-refractivity contribution in [3.05, 3.63) is 16.6 Å². The average Bonchev–Trinajstić information content (AvgIpc) is 2.52. The zero-order valence-corrected chi connectivity index (χ0v) is 6.43. The van der Waals surface area contributed by atoms with Gasteiger partial charge in [-0.15, -0.1) is 17.8 Å². The molecule has 1 heterocycles. The predicted octanol–water partition coefficient (Wildman–Crippen LogP) is 0.933. The van der Waals surface area contributed by atoms with Gasteiger partial charge in [-0.05, 0) is 0 Å². The summed E-state index contributed by atoms with van der Waals surface area (Å²) in [6.45, 7) is 0.0106. The molecule has 56 valence electrons. The first-order chi connectivity index (χ1) is 5.34. The fraction of sp³-hybridized carbons (Fsp3) is 0.143. The third-order valence-electron chi connectivity index (χ3n) is 0.920. The van der Waals surface area contributed by atoms with Crippen LogP contribution in [0.4, 0.5) is 0 Å². The van der Waals surface area contributed by atoms with Crippen molar-refractivity contribution in [2.24, 2.45) is 0 Å². The molecule has 4 heteroatoms. The van der Waals surface area contributed by atoms with Gasteiger partial charge in [0, 0.05) is 0 Å². The van der Waals surface area contributed by atoms with Crippen LogP contribution in [0.25, 0.3) is 0 Å². The Morgan fingerprint density at radius 2 is 2.73 bits per heavy atom. The molecular weight excluding hydrogens is 162 g/mol. The summed E-state index contributed by atoms with van der Waals surface area (Å²) in [6.07, 6.45) is 6.34. The Morgan fingerprint density at radius 3 is 3.27 bits per heavy atom. The van der Waals surface area contributed by atoms with Gasteiger partial charge in [0.2, 0.25) is 0 Å². The van der Waals surface area contributed by atoms with Crippen molar-refractivity contribution >= 4 is 17.3 Å². The second-order valence-electron chi connectivity index (χ2n) is 1.65. The summed E-state index contributed by atoms with van der Waals surface area (Å²) < 4.78 is 4.63. The van der Waals surface area contributed by atoms with Gasteiger partial charge in [-0.25, -0.2) is 4.79 Å². The highest BCUT2D eigenvalue weighted by molar-refractivity contribution is 7.11. The Labute approximate surface area is 68.0 Å². The number of carbonyl (C=O) groups excluding carboxylic acids is 1. The van der Waals surface area contributed by atoms with Crippen molar-refractivity contribution in [2.75, 3.05) is 6.61 Å². The molecule has 0 saturated heterocycles. The lowest BCUT2D eigenvalue weighted by atomic mass is 10.6. The molecule has 0 N–H and O–H groups in total. The van der Waals surface area contributed by atoms with Gasteiger partial charge in [0.1, 0.15) is 4.88 Å². The van der Waals surface area contributed by atoms with E-state index in [1.165, 1.54) is 17.5 Å². The number of esters is 1. The minimum absolute atomic E-state index is 0.0106. The van der Waals surface area contributed by atoms with Gasteiger partial charge in [0.25, 0.3) is 0 Å². The lowest BCUT2D eigenvalue weighted by molar-refractivity contribution is 0.0562. The topological polar surface area (TPSA) is 39.2 Å². The number of ether oxygens (including phenoxy) is 1. The lowest BCUT2D eigenvalue weighted by Crippen LogP contribution is -2.02. The molecule has 0 aliphatic heterocycles. The molecule has 0 bridgehead atoms. The first-order valence-corrected chi connectivity index (χ1v) is 3.71. The quantitative estimate of drug-likeness (QED) is 0.486. The molecule has 1 aromatic heterocycles. The van der Waals surface area contributed by atoms with Crippen LogP contribution in [0.3, 0.4) is 0 Å². The predicted molar refractivity (Wildman–Crippen MR) is 41.2 cm³/mol. The van der Waals surface area contributed by atoms with Crippen LogP contribution in [0.2, 0.25) is 0 Å². The Bertz CT molecular complexity index is 273. The number of terminal acetylenes is 1. The number of carbonyl (C=O) groups is 1. The number of hydrogen-bond acceptors (Lipinski definition) is 4. The third-order valence-corrected chi connectivity index (χ3v) is 1.67. The SMILES string of the molecule is C#CCOC(=O)c1cncs1. The van der Waals surface area contributed by atoms with E-state index in [9.17, 15) is 4.79 Å². The Kier molecular flexibility index (Phi) is 2.64. The van der Waals surface area contributed by atoms with E-state index < -0.39 is 5.97 Å². The molecule has 0 unspecified atom stereocenters. The molecule has 0 radical (unpaired) electrons. The molecule has 11 heavy (non-hydrogen) atoms. The normalized spacial score (nSPS) is 8.64. The molecule has 0 saturated carbocycles. The van der Waals surface area contributed by atoms with Crippen LogP contribution < -0.4 is 0 Å². The lowest BCUT2D eigenvalue weighted by Gasteiger charge is -1.94. The van der Waals surface area contributed by atoms with Gasteiger partial charge < -0.3 is 4.74 Å². The van der Waals surface area contributed by atoms with E-state index in [1.54, 1.807) is 5.51 Å². The van der Waals surface area contributed by atoms with Gasteiger partial charge in [-0.3, -0.25) is 4.98 Å². The van der Waals surface area contributed by atoms with E-state index in [-0.39, 0.29) is 6.61 Å². The van der Waals surface area contributed by atoms with Crippen LogP contribution in [-0.2, 0) is 4.74 Å². The summed E-state index contributed by atoms with van der Waals surface area (Å²) in [4.78, 5) is 15.1. The van der Waals surface area contributed by atoms with E-state index >= 15 is 0 Å². The Morgan fingerprint density at radius 1 is 1.91 bits per heavy atom. The summed E-state index contributed by atoms with van der Waals surface area (Å²) in [5.74, 6) is 1.79. The van der Waals surface area contributed by atoms with Crippen LogP contribution in [0.1, 0.15) is 9.67 Å². The van der Waals surface area contributed by atoms with Crippen molar-refractivity contribution in [1.82, 2.24) is 4.98 Å². The van der Waals surface area contributed by atoms with Crippen molar-refractivity contribution in [3.63, 3.8) is 0 Å². The summed E-state index contributed by atoms with van der Waals surface area (Å²) in [5, 5.41) is 0. The second kappa shape index (κ2) is 3.74. The third kappa shape index (κ3) is 2.06. The minimum atomic E-state index is -0.412. The fourth-order valence-corrected chi connectivity index (χ4v) is 1.01. The highest BCUT2D eigenvalue weighted by Gasteiger charge is 2.06. The molecule has 1 aromatic rings. The van der Waals surface area contributed by atoms with E-state index in [2.05, 4.69) is 15.6 Å². The van der Waals surface area contributed by atoms with Crippen LogP contribution in [-0.4, -0.2) is 17.6 Å². The van der Waals surface area contributed by atoms with Crippen molar-refractivity contribution in [3.8, 4) is 12.3 Å². The molecule has 0 fully saturated rings. The maximum Gasteiger partial charge on any atom is 0.350 e. The van der Waals surface area contributed by atoms with Crippen LogP contribution in [0.15, 0.2) is 11.7 Å². The van der Waals surface area contributed by atoms with E-state index in [0.717, 1.165) is 0 Å². The second-order valence-corrected chi connectivity index (χ2v) is 2.53. The summed E-state index contributed by atoms with van der Waals surface area (Å²) in [7, 11) is 0. The molecule has 0 atom stereocenters. The largest absolute Gasteiger partial charge is 0.448 e. The van der Waals surface area contributed by atoms with E-state index in [0.29, 0.717) is 4.88 Å². The Balaban J connectivity index is 2.51. The van der Waals surface area contributed by atoms with Crippen molar-refractivity contribution in [1.29, 1.82) is 0 Å². The number of nitrogens with zero attached hydrogens (tertiary/aromatic N) is 1. The van der Waals surface area contributed by atoms with Gasteiger partial charge in [0.15, 0.2) is 6.61 Å². The van der Waals surface area contributed by atoms with Crippen molar-refractivity contribution < 1.29 is 9.53 Å². The summed E-state index contributed by atoms with van der Waals surface area (Å²) in [6, 6.07) is 0. The maximum absolute atomic E-state index is 10.9. The molecule has 0 spiro atoms. The Hall–Kier alpha value is -1.34. The van der Waals surface area contributed by atoms with Crippen molar-refractivity contribution in [2.45, 2.75) is 0 Å². The molecular formula is C7H5NO2S. The highest BCUT2D eigenvalue weighted by atomic mass is 32.1. The van der Waals surface area contributed by atoms with Gasteiger partial charge in [-0.2, -0.15) is 0 Å². The average molecular weight is 167 g/mol. The number of thiazole rings is 1. The van der Waals surface area contributed by atoms with E-state index in [1.807, 2.05) is 0 Å². The zero-order chi connectivity index (χ0) is 8.10. The van der Waals surface area contributed by atoms with Gasteiger partial charge in [-0.1, -0.05) is 5.92 Å². The fourth-order valence-electron chi connectivity index (χ4n) is 0.495. The van der Waals surface area contributed by atoms with Gasteiger partial charge >= 0.3 is 5.97 Å². The molecule has 1 rings (SSSR count). The van der Waals surface area contributed by atoms with Crippen LogP contribution >= 0.6 is 11.3 Å². The first kappa shape index (κ1) is 7.76. The first-order valence-electron chi connectivity index (χ1n) is 2.83. The monoisotopic (exact) mass is 167 g/mol. The smallest absolute Gasteiger partial charge is 0.350 e. The highest BCUT2D eigenvalue weighted by Crippen LogP contribution is 2.06. The molecule has 0 aliphatic carbocycles. The standard InChI is InChI=1S/C7H5NO2S/c1-2-3-10-7(9)6-4-8-5-11-6/h1,4-5H,3H2. The van der Waals surface area contributed by atoms with Crippen LogP contribution in [0.5, 0.6) is 0 Å². The summed E-state index contributed by atoms with van der Waals surface area (Å²) in [5.41, 5.74) is 1.56. The zero-order valence-electron chi connectivity index (χ0n) is 5.61. The molecule has 0 aromatic carbocycles. The van der Waals surface area contributed by atoms with Gasteiger partial charge in [0.05, 0.1) is 11.7 Å². The van der Waals surface area contributed by atoms with E-state index in [4.69, 9.17) is 6.42 Å². The maximum atomic E-state index is 10.9. The molecule has 0 amide bonds. The number of hydrogen-bond donors (Lipinski definition) is 0. The molecule has 3 nitrogen and oxygen atoms in total. The van der Waals surface area contributed by atoms with Crippen LogP contribution in [0, 0.1) is 12.3 Å². The summed E-state index contributed by atoms with van der Waals surface area (Å²) >= 11 is 1.23. The molecule has 0 aliphatic rings. The number of aromatic nitrogens is 1. The number of rotatable bonds is 2.